The number of nitrogens with zero attached hydrogens (tertiary/aromatic N) is 1. The predicted molar refractivity (Wildman–Crippen MR) is 64.4 cm³/mol. The third kappa shape index (κ3) is 2.09. The zero-order valence-corrected chi connectivity index (χ0v) is 9.86. The molecule has 1 unspecified atom stereocenters. The number of nitrogens with two attached hydrogens (primary N) is 1. The maximum absolute atomic E-state index is 12.2. The van der Waals surface area contributed by atoms with Crippen LogP contribution in [0.1, 0.15) is 27.9 Å². The number of carbonyl (C=O) groups is 1. The molecule has 0 bridgehead atoms. The van der Waals surface area contributed by atoms with Crippen LogP contribution in [0, 0.1) is 13.8 Å². The van der Waals surface area contributed by atoms with E-state index in [0.29, 0.717) is 6.54 Å². The number of aryl methyl sites for hydroxylation is 2. The molecule has 1 fully saturated rings. The van der Waals surface area contributed by atoms with Crippen molar-refractivity contribution in [3.8, 4) is 0 Å². The first-order chi connectivity index (χ1) is 7.58. The van der Waals surface area contributed by atoms with Crippen LogP contribution >= 0.6 is 0 Å². The van der Waals surface area contributed by atoms with E-state index in [0.717, 1.165) is 24.1 Å². The highest BCUT2D eigenvalue weighted by Crippen LogP contribution is 2.16. The van der Waals surface area contributed by atoms with Crippen molar-refractivity contribution in [3.63, 3.8) is 0 Å². The van der Waals surface area contributed by atoms with E-state index < -0.39 is 0 Å². The van der Waals surface area contributed by atoms with Gasteiger partial charge in [0, 0.05) is 24.7 Å². The Morgan fingerprint density at radius 2 is 2.19 bits per heavy atom. The molecular formula is C13H18N2O. The molecule has 0 radical (unpaired) electrons. The Bertz CT molecular complexity index is 414. The number of likely N-dealkylation sites (tertiary alicyclic amines) is 1. The fourth-order valence-corrected chi connectivity index (χ4v) is 2.20. The van der Waals surface area contributed by atoms with Gasteiger partial charge in [-0.15, -0.1) is 0 Å². The molecule has 3 heteroatoms. The Morgan fingerprint density at radius 3 is 2.75 bits per heavy atom. The summed E-state index contributed by atoms with van der Waals surface area (Å²) in [6.07, 6.45) is 0.913. The zero-order valence-electron chi connectivity index (χ0n) is 9.86. The molecule has 0 saturated carbocycles. The van der Waals surface area contributed by atoms with Crippen LogP contribution in [0.5, 0.6) is 0 Å². The van der Waals surface area contributed by atoms with E-state index >= 15 is 0 Å². The smallest absolute Gasteiger partial charge is 0.254 e. The number of amides is 1. The summed E-state index contributed by atoms with van der Waals surface area (Å²) in [5.41, 5.74) is 8.85. The first-order valence-electron chi connectivity index (χ1n) is 5.70. The summed E-state index contributed by atoms with van der Waals surface area (Å²) in [5, 5.41) is 0. The molecule has 3 nitrogen and oxygen atoms in total. The van der Waals surface area contributed by atoms with Crippen LogP contribution in [0.15, 0.2) is 18.2 Å². The van der Waals surface area contributed by atoms with Crippen LogP contribution in [-0.4, -0.2) is 29.9 Å². The Labute approximate surface area is 96.2 Å². The first-order valence-corrected chi connectivity index (χ1v) is 5.70. The molecular weight excluding hydrogens is 200 g/mol. The van der Waals surface area contributed by atoms with Crippen LogP contribution in [-0.2, 0) is 0 Å². The third-order valence-corrected chi connectivity index (χ3v) is 3.12. The van der Waals surface area contributed by atoms with Crippen LogP contribution in [0.4, 0.5) is 0 Å². The molecule has 1 saturated heterocycles. The maximum Gasteiger partial charge on any atom is 0.254 e. The maximum atomic E-state index is 12.2. The van der Waals surface area contributed by atoms with Crippen molar-refractivity contribution in [1.82, 2.24) is 4.90 Å². The van der Waals surface area contributed by atoms with E-state index in [1.165, 1.54) is 5.56 Å². The molecule has 16 heavy (non-hydrogen) atoms. The van der Waals surface area contributed by atoms with Gasteiger partial charge in [0.1, 0.15) is 0 Å². The number of benzene rings is 1. The topological polar surface area (TPSA) is 46.3 Å². The number of carbonyl (C=O) groups excluding carboxylic acids is 1. The van der Waals surface area contributed by atoms with Crippen molar-refractivity contribution < 1.29 is 4.79 Å². The van der Waals surface area contributed by atoms with Crippen LogP contribution in [0.2, 0.25) is 0 Å². The predicted octanol–water partition coefficient (Wildman–Crippen LogP) is 1.48. The largest absolute Gasteiger partial charge is 0.337 e. The average Bonchev–Trinajstić information content (AvgIpc) is 2.64. The summed E-state index contributed by atoms with van der Waals surface area (Å²) in [5.74, 6) is 0.116. The molecule has 0 spiro atoms. The summed E-state index contributed by atoms with van der Waals surface area (Å²) >= 11 is 0. The van der Waals surface area contributed by atoms with Gasteiger partial charge in [0.25, 0.3) is 5.91 Å². The lowest BCUT2D eigenvalue weighted by atomic mass is 10.0. The van der Waals surface area contributed by atoms with Crippen molar-refractivity contribution in [3.05, 3.63) is 34.9 Å². The average molecular weight is 218 g/mol. The fraction of sp³-hybridized carbons (Fsp3) is 0.462. The molecule has 1 atom stereocenters. The van der Waals surface area contributed by atoms with Crippen molar-refractivity contribution in [1.29, 1.82) is 0 Å². The van der Waals surface area contributed by atoms with Crippen molar-refractivity contribution >= 4 is 5.91 Å². The quantitative estimate of drug-likeness (QED) is 0.776. The summed E-state index contributed by atoms with van der Waals surface area (Å²) in [6.45, 7) is 5.49. The number of rotatable bonds is 1. The molecule has 0 aliphatic carbocycles. The van der Waals surface area contributed by atoms with Gasteiger partial charge in [-0.05, 0) is 31.9 Å². The van der Waals surface area contributed by atoms with Crippen LogP contribution < -0.4 is 5.73 Å². The van der Waals surface area contributed by atoms with Crippen molar-refractivity contribution in [2.75, 3.05) is 13.1 Å². The highest BCUT2D eigenvalue weighted by Gasteiger charge is 2.25. The van der Waals surface area contributed by atoms with Gasteiger partial charge in [-0.2, -0.15) is 0 Å². The number of hydrogen-bond acceptors (Lipinski definition) is 2. The second kappa shape index (κ2) is 4.26. The Kier molecular flexibility index (Phi) is 2.97. The van der Waals surface area contributed by atoms with Gasteiger partial charge in [-0.1, -0.05) is 17.7 Å². The second-order valence-electron chi connectivity index (χ2n) is 4.62. The summed E-state index contributed by atoms with van der Waals surface area (Å²) < 4.78 is 0. The molecule has 86 valence electrons. The summed E-state index contributed by atoms with van der Waals surface area (Å²) in [4.78, 5) is 14.0. The van der Waals surface area contributed by atoms with Crippen LogP contribution in [0.25, 0.3) is 0 Å². The molecule has 1 heterocycles. The normalized spacial score (nSPS) is 20.2. The fourth-order valence-electron chi connectivity index (χ4n) is 2.20. The van der Waals surface area contributed by atoms with Crippen molar-refractivity contribution in [2.45, 2.75) is 26.3 Å². The van der Waals surface area contributed by atoms with Gasteiger partial charge < -0.3 is 10.6 Å². The molecule has 1 amide bonds. The number of hydrogen-bond donors (Lipinski definition) is 1. The van der Waals surface area contributed by atoms with Crippen molar-refractivity contribution in [2.24, 2.45) is 5.73 Å². The Morgan fingerprint density at radius 1 is 1.44 bits per heavy atom. The molecule has 1 aliphatic heterocycles. The molecule has 0 aromatic heterocycles. The molecule has 1 aliphatic rings. The molecule has 2 rings (SSSR count). The summed E-state index contributed by atoms with van der Waals surface area (Å²) in [6, 6.07) is 6.09. The van der Waals surface area contributed by atoms with Gasteiger partial charge >= 0.3 is 0 Å². The van der Waals surface area contributed by atoms with Gasteiger partial charge in [0.05, 0.1) is 0 Å². The Balaban J connectivity index is 2.21. The van der Waals surface area contributed by atoms with E-state index in [1.54, 1.807) is 0 Å². The highest BCUT2D eigenvalue weighted by molar-refractivity contribution is 5.95. The van der Waals surface area contributed by atoms with Gasteiger partial charge in [0.15, 0.2) is 0 Å². The lowest BCUT2D eigenvalue weighted by molar-refractivity contribution is 0.0790. The zero-order chi connectivity index (χ0) is 11.7. The van der Waals surface area contributed by atoms with Gasteiger partial charge in [0.2, 0.25) is 0 Å². The lowest BCUT2D eigenvalue weighted by Crippen LogP contribution is -2.32. The minimum atomic E-state index is 0.116. The summed E-state index contributed by atoms with van der Waals surface area (Å²) in [7, 11) is 0. The van der Waals surface area contributed by atoms with Gasteiger partial charge in [-0.25, -0.2) is 0 Å². The van der Waals surface area contributed by atoms with E-state index in [9.17, 15) is 4.79 Å². The molecule has 1 aromatic carbocycles. The van der Waals surface area contributed by atoms with E-state index in [4.69, 9.17) is 5.73 Å². The van der Waals surface area contributed by atoms with Gasteiger partial charge in [-0.3, -0.25) is 4.79 Å². The first kappa shape index (κ1) is 11.1. The Hall–Kier alpha value is -1.35. The van der Waals surface area contributed by atoms with E-state index in [1.807, 2.05) is 36.9 Å². The molecule has 2 N–H and O–H groups in total. The van der Waals surface area contributed by atoms with E-state index in [-0.39, 0.29) is 11.9 Å². The lowest BCUT2D eigenvalue weighted by Gasteiger charge is -2.17. The highest BCUT2D eigenvalue weighted by atomic mass is 16.2. The SMILES string of the molecule is Cc1ccc(C(=O)N2CCC(N)C2)c(C)c1. The minimum absolute atomic E-state index is 0.116. The monoisotopic (exact) mass is 218 g/mol. The standard InChI is InChI=1S/C13H18N2O/c1-9-3-4-12(10(2)7-9)13(16)15-6-5-11(14)8-15/h3-4,7,11H,5-6,8,14H2,1-2H3. The third-order valence-electron chi connectivity index (χ3n) is 3.12. The van der Waals surface area contributed by atoms with Crippen LogP contribution in [0.3, 0.4) is 0 Å². The molecule has 1 aromatic rings. The van der Waals surface area contributed by atoms with E-state index in [2.05, 4.69) is 0 Å². The minimum Gasteiger partial charge on any atom is -0.337 e. The second-order valence-corrected chi connectivity index (χ2v) is 4.62.